The van der Waals surface area contributed by atoms with Crippen LogP contribution in [0.2, 0.25) is 0 Å². The predicted octanol–water partition coefficient (Wildman–Crippen LogP) is 2.21. The van der Waals surface area contributed by atoms with Gasteiger partial charge in [-0.25, -0.2) is 14.4 Å². The lowest BCUT2D eigenvalue weighted by Gasteiger charge is -2.46. The standard InChI is InChI=1S/C29H43N3O12S/c1-8-17(9-2)44-29(39)43-14-41-27(37)23-24(15(4)22-21(16(5)33)26(36)32(22)23)45-18-11-19(25(35)30(6)7)31(12-18)28(38)42-13-40-20(34)10-3/h15-19,21-22,33H,8-14H2,1-7H3/t15-,16-,18?,19?,21?,22?/m1/s1. The van der Waals surface area contributed by atoms with E-state index in [0.717, 1.165) is 0 Å². The van der Waals surface area contributed by atoms with Crippen molar-refractivity contribution in [3.05, 3.63) is 10.6 Å². The number of β-lactam (4-membered cyclic amide) rings is 1. The third-order valence-corrected chi connectivity index (χ3v) is 9.54. The highest BCUT2D eigenvalue weighted by Crippen LogP contribution is 2.52. The Bertz CT molecular complexity index is 1190. The number of likely N-dealkylation sites (tertiary alicyclic amines) is 1. The van der Waals surface area contributed by atoms with Gasteiger partial charge in [-0.3, -0.25) is 19.3 Å². The molecule has 3 aliphatic heterocycles. The minimum Gasteiger partial charge on any atom is -0.431 e. The van der Waals surface area contributed by atoms with Crippen LogP contribution in [0, 0.1) is 11.8 Å². The van der Waals surface area contributed by atoms with Crippen molar-refractivity contribution in [3.63, 3.8) is 0 Å². The van der Waals surface area contributed by atoms with E-state index in [1.165, 1.54) is 33.4 Å². The predicted molar refractivity (Wildman–Crippen MR) is 158 cm³/mol. The molecule has 0 bridgehead atoms. The Balaban J connectivity index is 1.80. The van der Waals surface area contributed by atoms with Crippen LogP contribution in [0.5, 0.6) is 0 Å². The Hall–Kier alpha value is -3.53. The summed E-state index contributed by atoms with van der Waals surface area (Å²) in [6.45, 7) is 7.32. The number of thioether (sulfide) groups is 1. The molecule has 3 amide bonds. The molecule has 15 nitrogen and oxygen atoms in total. The van der Waals surface area contributed by atoms with Crippen LogP contribution in [0.25, 0.3) is 0 Å². The van der Waals surface area contributed by atoms with Crippen LogP contribution in [-0.4, -0.2) is 120 Å². The van der Waals surface area contributed by atoms with Gasteiger partial charge in [-0.2, -0.15) is 0 Å². The zero-order chi connectivity index (χ0) is 33.6. The van der Waals surface area contributed by atoms with E-state index < -0.39 is 79.0 Å². The molecule has 1 N–H and O–H groups in total. The molecule has 0 aromatic carbocycles. The molecule has 0 aromatic rings. The van der Waals surface area contributed by atoms with Crippen molar-refractivity contribution in [2.75, 3.05) is 34.2 Å². The van der Waals surface area contributed by atoms with Crippen molar-refractivity contribution in [3.8, 4) is 0 Å². The van der Waals surface area contributed by atoms with Gasteiger partial charge < -0.3 is 38.6 Å². The molecule has 3 heterocycles. The summed E-state index contributed by atoms with van der Waals surface area (Å²) in [6.07, 6.45) is -1.67. The number of aliphatic hydroxyl groups excluding tert-OH is 1. The Morgan fingerprint density at radius 1 is 1.02 bits per heavy atom. The van der Waals surface area contributed by atoms with E-state index in [0.29, 0.717) is 17.7 Å². The Labute approximate surface area is 266 Å². The van der Waals surface area contributed by atoms with Gasteiger partial charge in [-0.05, 0) is 26.2 Å². The minimum absolute atomic E-state index is 0.0423. The number of esters is 2. The molecule has 0 spiro atoms. The highest BCUT2D eigenvalue weighted by molar-refractivity contribution is 8.03. The molecule has 2 fully saturated rings. The first-order chi connectivity index (χ1) is 21.3. The maximum atomic E-state index is 13.4. The van der Waals surface area contributed by atoms with Crippen LogP contribution in [-0.2, 0) is 42.9 Å². The maximum absolute atomic E-state index is 13.4. The Kier molecular flexibility index (Phi) is 12.5. The van der Waals surface area contributed by atoms with E-state index in [1.54, 1.807) is 21.0 Å². The highest BCUT2D eigenvalue weighted by Gasteiger charge is 2.60. The lowest BCUT2D eigenvalue weighted by molar-refractivity contribution is -0.167. The van der Waals surface area contributed by atoms with Gasteiger partial charge in [-0.15, -0.1) is 11.8 Å². The monoisotopic (exact) mass is 657 g/mol. The summed E-state index contributed by atoms with van der Waals surface area (Å²) >= 11 is 1.23. The molecule has 2 saturated heterocycles. The van der Waals surface area contributed by atoms with Crippen molar-refractivity contribution in [1.29, 1.82) is 0 Å². The normalized spacial score (nSPS) is 24.6. The fraction of sp³-hybridized carbons (Fsp3) is 0.724. The van der Waals surface area contributed by atoms with Gasteiger partial charge >= 0.3 is 24.2 Å². The average molecular weight is 658 g/mol. The van der Waals surface area contributed by atoms with Gasteiger partial charge in [0.05, 0.1) is 18.1 Å². The second-order valence-corrected chi connectivity index (χ2v) is 12.6. The SMILES string of the molecule is CCC(=O)OCOC(=O)N1CC(SC2=C(C(=O)OCOC(=O)OC(CC)CC)N3C(=O)C([C@@H](C)O)C3[C@H]2C)CC1C(=O)N(C)C. The summed E-state index contributed by atoms with van der Waals surface area (Å²) in [5.41, 5.74) is -0.0423. The van der Waals surface area contributed by atoms with Crippen LogP contribution in [0.4, 0.5) is 9.59 Å². The fourth-order valence-corrected chi connectivity index (χ4v) is 7.14. The van der Waals surface area contributed by atoms with E-state index >= 15 is 0 Å². The number of nitrogens with zero attached hydrogens (tertiary/aromatic N) is 3. The number of carbonyl (C=O) groups excluding carboxylic acids is 6. The third-order valence-electron chi connectivity index (χ3n) is 8.05. The number of likely N-dealkylation sites (N-methyl/N-ethyl adjacent to an activating group) is 1. The van der Waals surface area contributed by atoms with Crippen molar-refractivity contribution in [2.45, 2.75) is 89.8 Å². The molecule has 4 unspecified atom stereocenters. The maximum Gasteiger partial charge on any atom is 0.511 e. The fourth-order valence-electron chi connectivity index (χ4n) is 5.62. The number of ether oxygens (including phenoxy) is 5. The number of aliphatic hydroxyl groups is 1. The topological polar surface area (TPSA) is 179 Å². The first kappa shape index (κ1) is 35.9. The quantitative estimate of drug-likeness (QED) is 0.132. The molecule has 0 aromatic heterocycles. The highest BCUT2D eigenvalue weighted by atomic mass is 32.2. The number of hydrogen-bond donors (Lipinski definition) is 1. The van der Waals surface area contributed by atoms with Crippen molar-refractivity contribution in [2.24, 2.45) is 11.8 Å². The summed E-state index contributed by atoms with van der Waals surface area (Å²) in [5, 5.41) is 9.88. The smallest absolute Gasteiger partial charge is 0.431 e. The molecule has 3 rings (SSSR count). The number of amides is 3. The second-order valence-electron chi connectivity index (χ2n) is 11.2. The van der Waals surface area contributed by atoms with Crippen LogP contribution < -0.4 is 0 Å². The summed E-state index contributed by atoms with van der Waals surface area (Å²) < 4.78 is 25.2. The van der Waals surface area contributed by atoms with E-state index in [2.05, 4.69) is 0 Å². The van der Waals surface area contributed by atoms with E-state index in [9.17, 15) is 33.9 Å². The van der Waals surface area contributed by atoms with Gasteiger partial charge in [-0.1, -0.05) is 27.7 Å². The van der Waals surface area contributed by atoms with Gasteiger partial charge in [0, 0.05) is 43.1 Å². The van der Waals surface area contributed by atoms with Crippen LogP contribution in [0.15, 0.2) is 10.6 Å². The summed E-state index contributed by atoms with van der Waals surface area (Å²) in [4.78, 5) is 80.2. The number of fused-ring (bicyclic) bond motifs is 1. The van der Waals surface area contributed by atoms with Gasteiger partial charge in [0.2, 0.25) is 25.4 Å². The third kappa shape index (κ3) is 8.01. The molecule has 0 aliphatic carbocycles. The van der Waals surface area contributed by atoms with Gasteiger partial charge in [0.25, 0.3) is 0 Å². The molecule has 16 heteroatoms. The lowest BCUT2D eigenvalue weighted by atomic mass is 9.79. The van der Waals surface area contributed by atoms with E-state index in [4.69, 9.17) is 23.7 Å². The van der Waals surface area contributed by atoms with Crippen LogP contribution in [0.1, 0.15) is 60.3 Å². The zero-order valence-electron chi connectivity index (χ0n) is 26.7. The summed E-state index contributed by atoms with van der Waals surface area (Å²) in [6, 6.07) is -1.41. The lowest BCUT2D eigenvalue weighted by Crippen LogP contribution is -2.63. The van der Waals surface area contributed by atoms with Crippen molar-refractivity contribution >= 4 is 47.8 Å². The first-order valence-corrected chi connectivity index (χ1v) is 15.9. The molecule has 45 heavy (non-hydrogen) atoms. The number of rotatable bonds is 13. The molecular formula is C29H43N3O12S. The number of carbonyl (C=O) groups is 6. The molecule has 6 atom stereocenters. The van der Waals surface area contributed by atoms with Crippen LogP contribution in [0.3, 0.4) is 0 Å². The minimum atomic E-state index is -0.995. The van der Waals surface area contributed by atoms with E-state index in [-0.39, 0.29) is 37.1 Å². The van der Waals surface area contributed by atoms with E-state index in [1.807, 2.05) is 20.8 Å². The van der Waals surface area contributed by atoms with Gasteiger partial charge in [0.1, 0.15) is 17.8 Å². The summed E-state index contributed by atoms with van der Waals surface area (Å²) in [7, 11) is 3.11. The largest absolute Gasteiger partial charge is 0.511 e. The molecule has 0 radical (unpaired) electrons. The van der Waals surface area contributed by atoms with Crippen molar-refractivity contribution in [1.82, 2.24) is 14.7 Å². The zero-order valence-corrected chi connectivity index (χ0v) is 27.5. The average Bonchev–Trinajstić information content (AvgIpc) is 3.52. The molecular weight excluding hydrogens is 614 g/mol. The first-order valence-electron chi connectivity index (χ1n) is 15.0. The Morgan fingerprint density at radius 2 is 1.67 bits per heavy atom. The molecule has 0 saturated carbocycles. The second kappa shape index (κ2) is 15.7. The summed E-state index contributed by atoms with van der Waals surface area (Å²) in [5.74, 6) is -3.39. The molecule has 3 aliphatic rings. The van der Waals surface area contributed by atoms with Gasteiger partial charge in [0.15, 0.2) is 0 Å². The van der Waals surface area contributed by atoms with Crippen LogP contribution >= 0.6 is 11.8 Å². The number of hydrogen-bond acceptors (Lipinski definition) is 13. The molecule has 252 valence electrons. The van der Waals surface area contributed by atoms with Crippen molar-refractivity contribution < 1.29 is 57.6 Å². The Morgan fingerprint density at radius 3 is 2.24 bits per heavy atom.